The molecule has 19 heavy (non-hydrogen) atoms. The van der Waals surface area contributed by atoms with Crippen LogP contribution < -0.4 is 0 Å². The third-order valence-corrected chi connectivity index (χ3v) is 4.75. The van der Waals surface area contributed by atoms with Gasteiger partial charge in [0.2, 0.25) is 0 Å². The maximum Gasteiger partial charge on any atom is 0.0130 e. The second-order valence-electron chi connectivity index (χ2n) is 6.21. The van der Waals surface area contributed by atoms with Crippen LogP contribution in [0.15, 0.2) is 30.3 Å². The molecule has 1 aliphatic heterocycles. The summed E-state index contributed by atoms with van der Waals surface area (Å²) in [6, 6.07) is 11.8. The number of unbranched alkanes of at least 4 members (excludes halogenated alkanes) is 1. The van der Waals surface area contributed by atoms with Crippen molar-refractivity contribution >= 4 is 0 Å². The molecule has 0 N–H and O–H groups in total. The fourth-order valence-corrected chi connectivity index (χ4v) is 3.50. The van der Waals surface area contributed by atoms with Crippen molar-refractivity contribution in [1.82, 2.24) is 4.90 Å². The van der Waals surface area contributed by atoms with Gasteiger partial charge in [-0.2, -0.15) is 0 Å². The van der Waals surface area contributed by atoms with Crippen molar-refractivity contribution in [3.8, 4) is 0 Å². The summed E-state index contributed by atoms with van der Waals surface area (Å²) in [5.41, 5.74) is 1.54. The molecule has 1 nitrogen and oxygen atoms in total. The quantitative estimate of drug-likeness (QED) is 0.735. The molecular formula is C18H26N. The van der Waals surface area contributed by atoms with Gasteiger partial charge in [0.15, 0.2) is 0 Å². The van der Waals surface area contributed by atoms with Crippen LogP contribution in [0.5, 0.6) is 0 Å². The summed E-state index contributed by atoms with van der Waals surface area (Å²) in [4.78, 5) is 2.71. The van der Waals surface area contributed by atoms with Crippen molar-refractivity contribution in [3.05, 3.63) is 42.3 Å². The van der Waals surface area contributed by atoms with E-state index < -0.39 is 0 Å². The van der Waals surface area contributed by atoms with E-state index in [1.54, 1.807) is 5.56 Å². The molecule has 2 aliphatic rings. The first-order valence-electron chi connectivity index (χ1n) is 8.02. The van der Waals surface area contributed by atoms with E-state index in [0.717, 1.165) is 17.9 Å². The highest BCUT2D eigenvalue weighted by atomic mass is 15.2. The number of benzene rings is 1. The summed E-state index contributed by atoms with van der Waals surface area (Å²) >= 11 is 0. The van der Waals surface area contributed by atoms with Gasteiger partial charge in [-0.1, -0.05) is 43.7 Å². The highest BCUT2D eigenvalue weighted by Crippen LogP contribution is 2.50. The molecule has 103 valence electrons. The van der Waals surface area contributed by atoms with Crippen molar-refractivity contribution in [2.24, 2.45) is 5.92 Å². The molecular weight excluding hydrogens is 230 g/mol. The van der Waals surface area contributed by atoms with Gasteiger partial charge in [-0.25, -0.2) is 0 Å². The molecule has 0 bridgehead atoms. The molecule has 1 heterocycles. The Morgan fingerprint density at radius 1 is 1.26 bits per heavy atom. The van der Waals surface area contributed by atoms with Gasteiger partial charge in [0.1, 0.15) is 0 Å². The van der Waals surface area contributed by atoms with Gasteiger partial charge in [-0.3, -0.25) is 0 Å². The van der Waals surface area contributed by atoms with E-state index in [9.17, 15) is 0 Å². The Balaban J connectivity index is 1.50. The van der Waals surface area contributed by atoms with E-state index in [-0.39, 0.29) is 0 Å². The summed E-state index contributed by atoms with van der Waals surface area (Å²) in [6.07, 6.45) is 9.51. The minimum atomic E-state index is 0.769. The fraction of sp³-hybridized carbons (Fsp3) is 0.611. The average molecular weight is 256 g/mol. The van der Waals surface area contributed by atoms with Crippen LogP contribution in [0.4, 0.5) is 0 Å². The summed E-state index contributed by atoms with van der Waals surface area (Å²) in [5, 5.41) is 0. The van der Waals surface area contributed by atoms with Crippen LogP contribution in [0.25, 0.3) is 0 Å². The zero-order valence-electron chi connectivity index (χ0n) is 12.1. The zero-order chi connectivity index (χ0) is 13.1. The molecule has 1 aliphatic carbocycles. The molecule has 0 aromatic heterocycles. The van der Waals surface area contributed by atoms with Crippen LogP contribution in [0, 0.1) is 12.3 Å². The smallest absolute Gasteiger partial charge is 0.0130 e. The van der Waals surface area contributed by atoms with Gasteiger partial charge in [0, 0.05) is 6.04 Å². The Morgan fingerprint density at radius 2 is 2.11 bits per heavy atom. The van der Waals surface area contributed by atoms with E-state index >= 15 is 0 Å². The van der Waals surface area contributed by atoms with E-state index in [0.29, 0.717) is 0 Å². The lowest BCUT2D eigenvalue weighted by Gasteiger charge is -2.24. The zero-order valence-corrected chi connectivity index (χ0v) is 12.1. The number of rotatable bonds is 6. The fourth-order valence-electron chi connectivity index (χ4n) is 3.50. The van der Waals surface area contributed by atoms with E-state index in [1.165, 1.54) is 45.2 Å². The summed E-state index contributed by atoms with van der Waals surface area (Å²) < 4.78 is 0. The predicted octanol–water partition coefficient (Wildman–Crippen LogP) is 4.26. The topological polar surface area (TPSA) is 3.24 Å². The monoisotopic (exact) mass is 256 g/mol. The third-order valence-electron chi connectivity index (χ3n) is 4.75. The van der Waals surface area contributed by atoms with Crippen molar-refractivity contribution in [1.29, 1.82) is 0 Å². The highest BCUT2D eigenvalue weighted by molar-refractivity contribution is 5.27. The van der Waals surface area contributed by atoms with E-state index in [2.05, 4.69) is 48.6 Å². The number of likely N-dealkylation sites (tertiary alicyclic amines) is 1. The standard InChI is InChI=1S/C18H26N/c1-2-3-11-19-12-7-10-17(19)13-16-14-18(16)15-8-5-4-6-9-15/h4-6,8-9,13,16-18H,2-3,7,10-12,14H2,1H3/t16-,17?,18+/m1/s1. The van der Waals surface area contributed by atoms with Gasteiger partial charge < -0.3 is 4.90 Å². The Hall–Kier alpha value is -0.820. The van der Waals surface area contributed by atoms with E-state index in [1.807, 2.05) is 0 Å². The van der Waals surface area contributed by atoms with Gasteiger partial charge in [-0.15, -0.1) is 0 Å². The van der Waals surface area contributed by atoms with Gasteiger partial charge in [0.25, 0.3) is 0 Å². The molecule has 1 radical (unpaired) electrons. The van der Waals surface area contributed by atoms with Crippen LogP contribution in [0.1, 0.15) is 50.5 Å². The van der Waals surface area contributed by atoms with Crippen LogP contribution in [0.3, 0.4) is 0 Å². The Morgan fingerprint density at radius 3 is 2.89 bits per heavy atom. The summed E-state index contributed by atoms with van der Waals surface area (Å²) in [5.74, 6) is 1.66. The molecule has 1 aromatic carbocycles. The molecule has 0 spiro atoms. The lowest BCUT2D eigenvalue weighted by atomic mass is 10.0. The molecule has 2 fully saturated rings. The SMILES string of the molecule is CCCCN1CCCC1[CH][C@@H]1C[C@H]1c1ccccc1. The maximum absolute atomic E-state index is 2.71. The number of nitrogens with zero attached hydrogens (tertiary/aromatic N) is 1. The number of hydrogen-bond donors (Lipinski definition) is 0. The van der Waals surface area contributed by atoms with Crippen LogP contribution >= 0.6 is 0 Å². The van der Waals surface area contributed by atoms with Crippen molar-refractivity contribution in [2.45, 2.75) is 51.0 Å². The van der Waals surface area contributed by atoms with Crippen LogP contribution in [0.2, 0.25) is 0 Å². The second kappa shape index (κ2) is 6.09. The van der Waals surface area contributed by atoms with Crippen LogP contribution in [-0.4, -0.2) is 24.0 Å². The molecule has 1 heteroatoms. The Labute approximate surface area is 118 Å². The Kier molecular flexibility index (Phi) is 4.22. The van der Waals surface area contributed by atoms with Gasteiger partial charge in [-0.05, 0) is 62.6 Å². The molecule has 0 amide bonds. The van der Waals surface area contributed by atoms with Crippen molar-refractivity contribution < 1.29 is 0 Å². The first-order valence-corrected chi connectivity index (χ1v) is 8.02. The molecule has 1 saturated carbocycles. The average Bonchev–Trinajstić information content (AvgIpc) is 3.08. The Bertz CT molecular complexity index is 386. The summed E-state index contributed by atoms with van der Waals surface area (Å²) in [7, 11) is 0. The third kappa shape index (κ3) is 3.20. The van der Waals surface area contributed by atoms with Crippen molar-refractivity contribution in [3.63, 3.8) is 0 Å². The normalized spacial score (nSPS) is 30.7. The lowest BCUT2D eigenvalue weighted by molar-refractivity contribution is 0.267. The molecule has 1 aromatic rings. The summed E-state index contributed by atoms with van der Waals surface area (Å²) in [6.45, 7) is 4.92. The van der Waals surface area contributed by atoms with Gasteiger partial charge >= 0.3 is 0 Å². The molecule has 1 saturated heterocycles. The van der Waals surface area contributed by atoms with Gasteiger partial charge in [0.05, 0.1) is 0 Å². The highest BCUT2D eigenvalue weighted by Gasteiger charge is 2.41. The minimum Gasteiger partial charge on any atom is -0.300 e. The van der Waals surface area contributed by atoms with Crippen molar-refractivity contribution in [2.75, 3.05) is 13.1 Å². The van der Waals surface area contributed by atoms with Crippen LogP contribution in [-0.2, 0) is 0 Å². The maximum atomic E-state index is 2.71. The molecule has 3 atom stereocenters. The lowest BCUT2D eigenvalue weighted by Crippen LogP contribution is -2.31. The molecule has 3 rings (SSSR count). The predicted molar refractivity (Wildman–Crippen MR) is 81.1 cm³/mol. The van der Waals surface area contributed by atoms with E-state index in [4.69, 9.17) is 0 Å². The largest absolute Gasteiger partial charge is 0.300 e. The second-order valence-corrected chi connectivity index (χ2v) is 6.21. The first-order chi connectivity index (χ1) is 9.38. The molecule has 1 unspecified atom stereocenters. The first kappa shape index (κ1) is 13.2. The number of hydrogen-bond acceptors (Lipinski definition) is 1. The minimum absolute atomic E-state index is 0.769.